The number of fused-ring (bicyclic) bond motifs is 1. The van der Waals surface area contributed by atoms with E-state index in [1.807, 2.05) is 18.2 Å². The van der Waals surface area contributed by atoms with Gasteiger partial charge in [0.15, 0.2) is 0 Å². The SMILES string of the molecule is O=C(CCCNC(=O)c1ccc(F)cc1F)OC1CCCc2ccccc21. The molecule has 1 amide bonds. The quantitative estimate of drug-likeness (QED) is 0.613. The summed E-state index contributed by atoms with van der Waals surface area (Å²) in [6, 6.07) is 10.7. The molecule has 0 fully saturated rings. The smallest absolute Gasteiger partial charge is 0.306 e. The molecule has 0 saturated carbocycles. The molecule has 2 aromatic rings. The molecule has 1 aliphatic carbocycles. The molecule has 1 atom stereocenters. The fourth-order valence-corrected chi connectivity index (χ4v) is 3.25. The maximum Gasteiger partial charge on any atom is 0.306 e. The van der Waals surface area contributed by atoms with E-state index < -0.39 is 17.5 Å². The number of aryl methyl sites for hydroxylation is 1. The van der Waals surface area contributed by atoms with Gasteiger partial charge in [-0.1, -0.05) is 24.3 Å². The van der Waals surface area contributed by atoms with Crippen LogP contribution < -0.4 is 5.32 Å². The van der Waals surface area contributed by atoms with E-state index in [4.69, 9.17) is 4.74 Å². The third-order valence-electron chi connectivity index (χ3n) is 4.61. The molecule has 0 radical (unpaired) electrons. The van der Waals surface area contributed by atoms with E-state index in [-0.39, 0.29) is 30.6 Å². The van der Waals surface area contributed by atoms with Gasteiger partial charge in [-0.15, -0.1) is 0 Å². The fraction of sp³-hybridized carbons (Fsp3) is 0.333. The summed E-state index contributed by atoms with van der Waals surface area (Å²) in [5.41, 5.74) is 2.06. The second kappa shape index (κ2) is 8.75. The van der Waals surface area contributed by atoms with Crippen molar-refractivity contribution in [3.8, 4) is 0 Å². The topological polar surface area (TPSA) is 55.4 Å². The van der Waals surface area contributed by atoms with Crippen LogP contribution in [0.4, 0.5) is 8.78 Å². The van der Waals surface area contributed by atoms with Gasteiger partial charge >= 0.3 is 5.97 Å². The normalized spacial score (nSPS) is 15.7. The zero-order chi connectivity index (χ0) is 19.2. The zero-order valence-corrected chi connectivity index (χ0v) is 14.8. The Morgan fingerprint density at radius 1 is 1.15 bits per heavy atom. The summed E-state index contributed by atoms with van der Waals surface area (Å²) in [4.78, 5) is 24.0. The van der Waals surface area contributed by atoms with Crippen molar-refractivity contribution >= 4 is 11.9 Å². The Morgan fingerprint density at radius 2 is 1.96 bits per heavy atom. The number of amides is 1. The van der Waals surface area contributed by atoms with Crippen molar-refractivity contribution in [1.82, 2.24) is 5.32 Å². The first kappa shape index (κ1) is 19.0. The lowest BCUT2D eigenvalue weighted by molar-refractivity contribution is -0.150. The van der Waals surface area contributed by atoms with Crippen LogP contribution in [-0.2, 0) is 16.0 Å². The van der Waals surface area contributed by atoms with Gasteiger partial charge in [-0.2, -0.15) is 0 Å². The van der Waals surface area contributed by atoms with E-state index >= 15 is 0 Å². The number of carbonyl (C=O) groups is 2. The van der Waals surface area contributed by atoms with Crippen molar-refractivity contribution in [2.45, 2.75) is 38.2 Å². The lowest BCUT2D eigenvalue weighted by Crippen LogP contribution is -2.26. The standard InChI is InChI=1S/C21H21F2NO3/c22-15-10-11-17(18(23)13-15)21(26)24-12-4-9-20(25)27-19-8-3-6-14-5-1-2-7-16(14)19/h1-2,5,7,10-11,13,19H,3-4,6,8-9,12H2,(H,24,26). The molecule has 0 heterocycles. The zero-order valence-electron chi connectivity index (χ0n) is 14.8. The van der Waals surface area contributed by atoms with Crippen LogP contribution in [0.1, 0.15) is 53.3 Å². The van der Waals surface area contributed by atoms with E-state index in [1.54, 1.807) is 0 Å². The number of carbonyl (C=O) groups excluding carboxylic acids is 2. The van der Waals surface area contributed by atoms with E-state index in [2.05, 4.69) is 11.4 Å². The van der Waals surface area contributed by atoms with E-state index in [1.165, 1.54) is 5.56 Å². The summed E-state index contributed by atoms with van der Waals surface area (Å²) in [5.74, 6) is -2.61. The highest BCUT2D eigenvalue weighted by Crippen LogP contribution is 2.32. The summed E-state index contributed by atoms with van der Waals surface area (Å²) in [7, 11) is 0. The summed E-state index contributed by atoms with van der Waals surface area (Å²) in [6.07, 6.45) is 3.10. The minimum absolute atomic E-state index is 0.158. The average molecular weight is 373 g/mol. The van der Waals surface area contributed by atoms with Crippen LogP contribution in [0.15, 0.2) is 42.5 Å². The van der Waals surface area contributed by atoms with Gasteiger partial charge in [0.05, 0.1) is 5.56 Å². The first-order valence-corrected chi connectivity index (χ1v) is 9.05. The first-order chi connectivity index (χ1) is 13.0. The molecule has 1 aliphatic rings. The Hall–Kier alpha value is -2.76. The minimum Gasteiger partial charge on any atom is -0.457 e. The monoisotopic (exact) mass is 373 g/mol. The van der Waals surface area contributed by atoms with Crippen molar-refractivity contribution in [3.05, 3.63) is 70.8 Å². The number of ether oxygens (including phenoxy) is 1. The molecule has 2 aromatic carbocycles. The van der Waals surface area contributed by atoms with Gasteiger partial charge in [-0.25, -0.2) is 8.78 Å². The molecule has 1 N–H and O–H groups in total. The van der Waals surface area contributed by atoms with Crippen molar-refractivity contribution < 1.29 is 23.1 Å². The highest BCUT2D eigenvalue weighted by molar-refractivity contribution is 5.94. The largest absolute Gasteiger partial charge is 0.457 e. The van der Waals surface area contributed by atoms with E-state index in [0.717, 1.165) is 37.0 Å². The number of esters is 1. The second-order valence-corrected chi connectivity index (χ2v) is 6.55. The summed E-state index contributed by atoms with van der Waals surface area (Å²) in [6.45, 7) is 0.200. The van der Waals surface area contributed by atoms with Crippen LogP contribution in [0.5, 0.6) is 0 Å². The Morgan fingerprint density at radius 3 is 2.78 bits per heavy atom. The Bertz CT molecular complexity index is 838. The Kier molecular flexibility index (Phi) is 6.16. The van der Waals surface area contributed by atoms with Crippen LogP contribution in [0, 0.1) is 11.6 Å². The predicted molar refractivity (Wildman–Crippen MR) is 96.1 cm³/mol. The Labute approximate surface area is 156 Å². The lowest BCUT2D eigenvalue weighted by atomic mass is 9.89. The molecule has 0 bridgehead atoms. The molecule has 27 heavy (non-hydrogen) atoms. The molecule has 0 aromatic heterocycles. The maximum absolute atomic E-state index is 13.5. The van der Waals surface area contributed by atoms with Gasteiger partial charge in [0.1, 0.15) is 17.7 Å². The number of nitrogens with one attached hydrogen (secondary N) is 1. The third kappa shape index (κ3) is 4.90. The molecule has 6 heteroatoms. The van der Waals surface area contributed by atoms with Crippen molar-refractivity contribution in [3.63, 3.8) is 0 Å². The first-order valence-electron chi connectivity index (χ1n) is 9.05. The molecular formula is C21H21F2NO3. The summed E-state index contributed by atoms with van der Waals surface area (Å²) < 4.78 is 32.0. The molecular weight excluding hydrogens is 352 g/mol. The third-order valence-corrected chi connectivity index (χ3v) is 4.61. The van der Waals surface area contributed by atoms with Crippen LogP contribution in [0.2, 0.25) is 0 Å². The van der Waals surface area contributed by atoms with Crippen LogP contribution in [0.3, 0.4) is 0 Å². The molecule has 1 unspecified atom stereocenters. The minimum atomic E-state index is -0.914. The molecule has 0 aliphatic heterocycles. The summed E-state index contributed by atoms with van der Waals surface area (Å²) >= 11 is 0. The predicted octanol–water partition coefficient (Wildman–Crippen LogP) is 4.10. The van der Waals surface area contributed by atoms with E-state index in [9.17, 15) is 18.4 Å². The second-order valence-electron chi connectivity index (χ2n) is 6.55. The summed E-state index contributed by atoms with van der Waals surface area (Å²) in [5, 5.41) is 2.52. The number of halogens is 2. The molecule has 4 nitrogen and oxygen atoms in total. The van der Waals surface area contributed by atoms with Crippen LogP contribution >= 0.6 is 0 Å². The molecule has 3 rings (SSSR count). The molecule has 0 saturated heterocycles. The molecule has 0 spiro atoms. The van der Waals surface area contributed by atoms with E-state index in [0.29, 0.717) is 12.5 Å². The number of rotatable bonds is 6. The number of hydrogen-bond donors (Lipinski definition) is 1. The van der Waals surface area contributed by atoms with Gasteiger partial charge in [-0.3, -0.25) is 9.59 Å². The number of hydrogen-bond acceptors (Lipinski definition) is 3. The van der Waals surface area contributed by atoms with Gasteiger partial charge in [0.2, 0.25) is 0 Å². The fourth-order valence-electron chi connectivity index (χ4n) is 3.25. The van der Waals surface area contributed by atoms with Gasteiger partial charge in [0.25, 0.3) is 5.91 Å². The lowest BCUT2D eigenvalue weighted by Gasteiger charge is -2.25. The van der Waals surface area contributed by atoms with Crippen LogP contribution in [0.25, 0.3) is 0 Å². The Balaban J connectivity index is 1.43. The van der Waals surface area contributed by atoms with Gasteiger partial charge in [0, 0.05) is 19.0 Å². The van der Waals surface area contributed by atoms with Gasteiger partial charge in [-0.05, 0) is 48.9 Å². The highest BCUT2D eigenvalue weighted by atomic mass is 19.1. The molecule has 142 valence electrons. The van der Waals surface area contributed by atoms with Gasteiger partial charge < -0.3 is 10.1 Å². The average Bonchev–Trinajstić information content (AvgIpc) is 2.65. The van der Waals surface area contributed by atoms with Crippen molar-refractivity contribution in [2.24, 2.45) is 0 Å². The van der Waals surface area contributed by atoms with Crippen molar-refractivity contribution in [2.75, 3.05) is 6.54 Å². The maximum atomic E-state index is 13.5. The highest BCUT2D eigenvalue weighted by Gasteiger charge is 2.23. The number of benzene rings is 2. The van der Waals surface area contributed by atoms with Crippen molar-refractivity contribution in [1.29, 1.82) is 0 Å². The van der Waals surface area contributed by atoms with Crippen LogP contribution in [-0.4, -0.2) is 18.4 Å².